The van der Waals surface area contributed by atoms with Crippen LogP contribution < -0.4 is 5.32 Å². The van der Waals surface area contributed by atoms with E-state index in [1.165, 1.54) is 5.56 Å². The molecule has 0 unspecified atom stereocenters. The van der Waals surface area contributed by atoms with Crippen LogP contribution in [-0.2, 0) is 0 Å². The zero-order valence-electron chi connectivity index (χ0n) is 12.0. The van der Waals surface area contributed by atoms with Crippen molar-refractivity contribution in [1.29, 1.82) is 0 Å². The Kier molecular flexibility index (Phi) is 4.88. The normalized spacial score (nSPS) is 10.3. The van der Waals surface area contributed by atoms with Gasteiger partial charge in [-0.05, 0) is 25.5 Å². The highest BCUT2D eigenvalue weighted by molar-refractivity contribution is 5.94. The highest BCUT2D eigenvalue weighted by Crippen LogP contribution is 2.17. The monoisotopic (exact) mass is 268 g/mol. The fraction of sp³-hybridized carbons (Fsp3) is 0.294. The van der Waals surface area contributed by atoms with E-state index in [9.17, 15) is 4.79 Å². The SMILES string of the molecule is CCCCNC(=O)c1ccc(-c2ccc(C)cc2)nc1. The second-order valence-electron chi connectivity index (χ2n) is 4.91. The van der Waals surface area contributed by atoms with E-state index in [4.69, 9.17) is 0 Å². The first-order valence-corrected chi connectivity index (χ1v) is 7.02. The molecule has 0 fully saturated rings. The molecule has 20 heavy (non-hydrogen) atoms. The maximum absolute atomic E-state index is 11.9. The summed E-state index contributed by atoms with van der Waals surface area (Å²) in [4.78, 5) is 16.2. The predicted molar refractivity (Wildman–Crippen MR) is 81.7 cm³/mol. The number of pyridine rings is 1. The summed E-state index contributed by atoms with van der Waals surface area (Å²) >= 11 is 0. The van der Waals surface area contributed by atoms with Crippen molar-refractivity contribution in [1.82, 2.24) is 10.3 Å². The Morgan fingerprint density at radius 1 is 1.15 bits per heavy atom. The molecule has 3 heteroatoms. The number of hydrogen-bond donors (Lipinski definition) is 1. The molecular weight excluding hydrogens is 248 g/mol. The Bertz CT molecular complexity index is 559. The molecule has 0 aliphatic carbocycles. The molecule has 3 nitrogen and oxygen atoms in total. The number of carbonyl (C=O) groups excluding carboxylic acids is 1. The first-order valence-electron chi connectivity index (χ1n) is 7.02. The minimum atomic E-state index is -0.0543. The molecule has 0 radical (unpaired) electrons. The number of carbonyl (C=O) groups is 1. The number of nitrogens with one attached hydrogen (secondary N) is 1. The first-order chi connectivity index (χ1) is 9.70. The molecule has 0 bridgehead atoms. The van der Waals surface area contributed by atoms with Gasteiger partial charge in [0, 0.05) is 18.3 Å². The van der Waals surface area contributed by atoms with Gasteiger partial charge in [0.2, 0.25) is 0 Å². The predicted octanol–water partition coefficient (Wildman–Crippen LogP) is 3.59. The number of rotatable bonds is 5. The van der Waals surface area contributed by atoms with Crippen LogP contribution in [0.3, 0.4) is 0 Å². The second-order valence-corrected chi connectivity index (χ2v) is 4.91. The fourth-order valence-electron chi connectivity index (χ4n) is 1.90. The van der Waals surface area contributed by atoms with Gasteiger partial charge >= 0.3 is 0 Å². The molecule has 0 spiro atoms. The summed E-state index contributed by atoms with van der Waals surface area (Å²) in [5.41, 5.74) is 3.78. The van der Waals surface area contributed by atoms with Gasteiger partial charge in [0.1, 0.15) is 0 Å². The summed E-state index contributed by atoms with van der Waals surface area (Å²) in [5, 5.41) is 2.89. The summed E-state index contributed by atoms with van der Waals surface area (Å²) in [7, 11) is 0. The Hall–Kier alpha value is -2.16. The summed E-state index contributed by atoms with van der Waals surface area (Å²) in [6.07, 6.45) is 3.71. The summed E-state index contributed by atoms with van der Waals surface area (Å²) in [6.45, 7) is 4.88. The van der Waals surface area contributed by atoms with Crippen molar-refractivity contribution < 1.29 is 4.79 Å². The third-order valence-electron chi connectivity index (χ3n) is 3.19. The van der Waals surface area contributed by atoms with E-state index in [1.54, 1.807) is 6.20 Å². The minimum absolute atomic E-state index is 0.0543. The minimum Gasteiger partial charge on any atom is -0.352 e. The number of nitrogens with zero attached hydrogens (tertiary/aromatic N) is 1. The fourth-order valence-corrected chi connectivity index (χ4v) is 1.90. The van der Waals surface area contributed by atoms with Gasteiger partial charge in [-0.2, -0.15) is 0 Å². The van der Waals surface area contributed by atoms with Crippen molar-refractivity contribution in [3.05, 3.63) is 53.7 Å². The van der Waals surface area contributed by atoms with Crippen molar-refractivity contribution in [2.75, 3.05) is 6.54 Å². The largest absolute Gasteiger partial charge is 0.352 e. The van der Waals surface area contributed by atoms with E-state index in [1.807, 2.05) is 24.3 Å². The molecule has 1 aromatic heterocycles. The number of unbranched alkanes of at least 4 members (excludes halogenated alkanes) is 1. The van der Waals surface area contributed by atoms with Crippen molar-refractivity contribution in [2.45, 2.75) is 26.7 Å². The molecular formula is C17H20N2O. The first kappa shape index (κ1) is 14.3. The van der Waals surface area contributed by atoms with E-state index in [0.717, 1.165) is 30.6 Å². The van der Waals surface area contributed by atoms with Gasteiger partial charge in [0.05, 0.1) is 11.3 Å². The van der Waals surface area contributed by atoms with Crippen molar-refractivity contribution >= 4 is 5.91 Å². The van der Waals surface area contributed by atoms with Gasteiger partial charge in [-0.3, -0.25) is 9.78 Å². The Morgan fingerprint density at radius 3 is 2.50 bits per heavy atom. The molecule has 1 N–H and O–H groups in total. The average Bonchev–Trinajstić information content (AvgIpc) is 2.48. The van der Waals surface area contributed by atoms with E-state index >= 15 is 0 Å². The van der Waals surface area contributed by atoms with Gasteiger partial charge in [-0.1, -0.05) is 43.2 Å². The average molecular weight is 268 g/mol. The molecule has 0 aliphatic rings. The van der Waals surface area contributed by atoms with Crippen LogP contribution in [-0.4, -0.2) is 17.4 Å². The molecule has 1 amide bonds. The van der Waals surface area contributed by atoms with E-state index in [-0.39, 0.29) is 5.91 Å². The van der Waals surface area contributed by atoms with Crippen LogP contribution in [0.5, 0.6) is 0 Å². The van der Waals surface area contributed by atoms with Crippen LogP contribution in [0.4, 0.5) is 0 Å². The molecule has 1 heterocycles. The molecule has 0 saturated carbocycles. The smallest absolute Gasteiger partial charge is 0.252 e. The number of hydrogen-bond acceptors (Lipinski definition) is 2. The molecule has 104 valence electrons. The topological polar surface area (TPSA) is 42.0 Å². The molecule has 2 aromatic rings. The van der Waals surface area contributed by atoms with Gasteiger partial charge in [-0.15, -0.1) is 0 Å². The van der Waals surface area contributed by atoms with Gasteiger partial charge in [-0.25, -0.2) is 0 Å². The highest BCUT2D eigenvalue weighted by Gasteiger charge is 2.06. The maximum atomic E-state index is 11.9. The standard InChI is InChI=1S/C17H20N2O/c1-3-4-11-18-17(20)15-9-10-16(19-12-15)14-7-5-13(2)6-8-14/h5-10,12H,3-4,11H2,1-2H3,(H,18,20). The van der Waals surface area contributed by atoms with E-state index < -0.39 is 0 Å². The highest BCUT2D eigenvalue weighted by atomic mass is 16.1. The Morgan fingerprint density at radius 2 is 1.90 bits per heavy atom. The summed E-state index contributed by atoms with van der Waals surface area (Å²) < 4.78 is 0. The van der Waals surface area contributed by atoms with Crippen molar-refractivity contribution in [2.24, 2.45) is 0 Å². The third-order valence-corrected chi connectivity index (χ3v) is 3.19. The lowest BCUT2D eigenvalue weighted by Gasteiger charge is -2.05. The lowest BCUT2D eigenvalue weighted by atomic mass is 10.1. The number of aromatic nitrogens is 1. The van der Waals surface area contributed by atoms with Crippen molar-refractivity contribution in [3.8, 4) is 11.3 Å². The van der Waals surface area contributed by atoms with Crippen LogP contribution >= 0.6 is 0 Å². The van der Waals surface area contributed by atoms with E-state index in [0.29, 0.717) is 5.56 Å². The number of aryl methyl sites for hydroxylation is 1. The Balaban J connectivity index is 2.06. The van der Waals surface area contributed by atoms with Crippen LogP contribution in [0.1, 0.15) is 35.7 Å². The lowest BCUT2D eigenvalue weighted by molar-refractivity contribution is 0.0953. The second kappa shape index (κ2) is 6.85. The van der Waals surface area contributed by atoms with Gasteiger partial charge in [0.25, 0.3) is 5.91 Å². The number of benzene rings is 1. The summed E-state index contributed by atoms with van der Waals surface area (Å²) in [5.74, 6) is -0.0543. The molecule has 0 atom stereocenters. The van der Waals surface area contributed by atoms with Crippen LogP contribution in [0, 0.1) is 6.92 Å². The zero-order valence-corrected chi connectivity index (χ0v) is 12.0. The Labute approximate surface area is 120 Å². The molecule has 0 saturated heterocycles. The number of amides is 1. The van der Waals surface area contributed by atoms with Gasteiger partial charge in [0.15, 0.2) is 0 Å². The zero-order chi connectivity index (χ0) is 14.4. The lowest BCUT2D eigenvalue weighted by Crippen LogP contribution is -2.24. The van der Waals surface area contributed by atoms with Crippen LogP contribution in [0.25, 0.3) is 11.3 Å². The van der Waals surface area contributed by atoms with Crippen LogP contribution in [0.2, 0.25) is 0 Å². The van der Waals surface area contributed by atoms with Crippen molar-refractivity contribution in [3.63, 3.8) is 0 Å². The third kappa shape index (κ3) is 3.67. The molecule has 2 rings (SSSR count). The molecule has 1 aromatic carbocycles. The summed E-state index contributed by atoms with van der Waals surface area (Å²) in [6, 6.07) is 11.9. The maximum Gasteiger partial charge on any atom is 0.252 e. The van der Waals surface area contributed by atoms with Gasteiger partial charge < -0.3 is 5.32 Å². The van der Waals surface area contributed by atoms with Crippen LogP contribution in [0.15, 0.2) is 42.6 Å². The molecule has 0 aliphatic heterocycles. The van der Waals surface area contributed by atoms with E-state index in [2.05, 4.69) is 36.3 Å². The quantitative estimate of drug-likeness (QED) is 0.842.